The van der Waals surface area contributed by atoms with Gasteiger partial charge in [-0.3, -0.25) is 4.79 Å². The van der Waals surface area contributed by atoms with E-state index in [2.05, 4.69) is 4.90 Å². The van der Waals surface area contributed by atoms with E-state index in [4.69, 9.17) is 16.3 Å². The van der Waals surface area contributed by atoms with Crippen molar-refractivity contribution in [3.8, 4) is 0 Å². The lowest BCUT2D eigenvalue weighted by Gasteiger charge is -2.30. The molecule has 4 nitrogen and oxygen atoms in total. The minimum absolute atomic E-state index is 0.0313. The zero-order valence-corrected chi connectivity index (χ0v) is 11.3. The maximum Gasteiger partial charge on any atom is 0.253 e. The first kappa shape index (κ1) is 12.5. The van der Waals surface area contributed by atoms with Gasteiger partial charge in [-0.2, -0.15) is 0 Å². The molecule has 2 aliphatic heterocycles. The van der Waals surface area contributed by atoms with Crippen LogP contribution in [0.5, 0.6) is 0 Å². The van der Waals surface area contributed by atoms with E-state index >= 15 is 0 Å². The Bertz CT molecular complexity index is 507. The number of ether oxygens (including phenoxy) is 1. The van der Waals surface area contributed by atoms with Gasteiger partial charge in [0.05, 0.1) is 19.8 Å². The smallest absolute Gasteiger partial charge is 0.253 e. The Hall–Kier alpha value is -1.52. The Labute approximate surface area is 117 Å². The number of carbonyl (C=O) groups excluding carboxylic acids is 1. The molecule has 0 spiro atoms. The Balaban J connectivity index is 1.74. The van der Waals surface area contributed by atoms with E-state index in [1.807, 2.05) is 12.1 Å². The van der Waals surface area contributed by atoms with Crippen molar-refractivity contribution in [3.05, 3.63) is 41.1 Å². The molecule has 5 heteroatoms. The molecule has 0 atom stereocenters. The van der Waals surface area contributed by atoms with Crippen molar-refractivity contribution in [2.45, 2.75) is 0 Å². The summed E-state index contributed by atoms with van der Waals surface area (Å²) in [5, 5.41) is 0.678. The summed E-state index contributed by atoms with van der Waals surface area (Å²) in [6.45, 7) is 3.79. The average molecular weight is 279 g/mol. The van der Waals surface area contributed by atoms with Crippen LogP contribution in [0.4, 0.5) is 5.69 Å². The second-order valence-electron chi connectivity index (χ2n) is 4.64. The fourth-order valence-electron chi connectivity index (χ4n) is 2.39. The molecule has 1 aromatic carbocycles. The van der Waals surface area contributed by atoms with Gasteiger partial charge in [-0.25, -0.2) is 0 Å². The SMILES string of the molecule is O=C1C=C(N2CCOCC2)CN1c1ccc(Cl)cc1. The highest BCUT2D eigenvalue weighted by atomic mass is 35.5. The van der Waals surface area contributed by atoms with E-state index in [1.54, 1.807) is 23.1 Å². The molecule has 1 aromatic rings. The highest BCUT2D eigenvalue weighted by Crippen LogP contribution is 2.24. The predicted octanol–water partition coefficient (Wildman–Crippen LogP) is 1.90. The summed E-state index contributed by atoms with van der Waals surface area (Å²) in [4.78, 5) is 16.1. The number of hydrogen-bond donors (Lipinski definition) is 0. The lowest BCUT2D eigenvalue weighted by Crippen LogP contribution is -2.37. The summed E-state index contributed by atoms with van der Waals surface area (Å²) in [5.41, 5.74) is 1.96. The largest absolute Gasteiger partial charge is 0.378 e. The second kappa shape index (κ2) is 5.23. The fraction of sp³-hybridized carbons (Fsp3) is 0.357. The first-order chi connectivity index (χ1) is 9.24. The van der Waals surface area contributed by atoms with Gasteiger partial charge >= 0.3 is 0 Å². The molecule has 0 aliphatic carbocycles. The third kappa shape index (κ3) is 2.60. The lowest BCUT2D eigenvalue weighted by molar-refractivity contribution is -0.113. The van der Waals surface area contributed by atoms with Gasteiger partial charge in [0, 0.05) is 35.6 Å². The molecule has 100 valence electrons. The van der Waals surface area contributed by atoms with Gasteiger partial charge in [0.25, 0.3) is 5.91 Å². The zero-order valence-electron chi connectivity index (χ0n) is 10.5. The van der Waals surface area contributed by atoms with Gasteiger partial charge in [-0.15, -0.1) is 0 Å². The fourth-order valence-corrected chi connectivity index (χ4v) is 2.51. The normalized spacial score (nSPS) is 19.8. The third-order valence-electron chi connectivity index (χ3n) is 3.43. The number of morpholine rings is 1. The number of hydrogen-bond acceptors (Lipinski definition) is 3. The highest BCUT2D eigenvalue weighted by molar-refractivity contribution is 6.30. The zero-order chi connectivity index (χ0) is 13.2. The molecule has 1 fully saturated rings. The second-order valence-corrected chi connectivity index (χ2v) is 5.07. The summed E-state index contributed by atoms with van der Waals surface area (Å²) in [6, 6.07) is 7.35. The summed E-state index contributed by atoms with van der Waals surface area (Å²) in [6.07, 6.45) is 1.72. The third-order valence-corrected chi connectivity index (χ3v) is 3.68. The number of halogens is 1. The summed E-state index contributed by atoms with van der Waals surface area (Å²) >= 11 is 5.87. The molecule has 3 rings (SSSR count). The van der Waals surface area contributed by atoms with Crippen LogP contribution in [0.2, 0.25) is 5.02 Å². The highest BCUT2D eigenvalue weighted by Gasteiger charge is 2.26. The van der Waals surface area contributed by atoms with Crippen LogP contribution >= 0.6 is 11.6 Å². The van der Waals surface area contributed by atoms with Crippen LogP contribution in [0.1, 0.15) is 0 Å². The van der Waals surface area contributed by atoms with E-state index in [0.29, 0.717) is 11.6 Å². The van der Waals surface area contributed by atoms with Gasteiger partial charge in [-0.1, -0.05) is 11.6 Å². The first-order valence-corrected chi connectivity index (χ1v) is 6.72. The summed E-state index contributed by atoms with van der Waals surface area (Å²) in [7, 11) is 0. The van der Waals surface area contributed by atoms with Crippen molar-refractivity contribution in [1.29, 1.82) is 0 Å². The maximum absolute atomic E-state index is 12.1. The Morgan fingerprint density at radius 1 is 1.11 bits per heavy atom. The van der Waals surface area contributed by atoms with Crippen LogP contribution in [0.25, 0.3) is 0 Å². The van der Waals surface area contributed by atoms with Crippen LogP contribution < -0.4 is 4.90 Å². The Morgan fingerprint density at radius 3 is 2.47 bits per heavy atom. The van der Waals surface area contributed by atoms with E-state index in [0.717, 1.165) is 37.7 Å². The van der Waals surface area contributed by atoms with Crippen molar-refractivity contribution in [2.24, 2.45) is 0 Å². The lowest BCUT2D eigenvalue weighted by atomic mass is 10.3. The molecule has 2 aliphatic rings. The molecule has 1 amide bonds. The quantitative estimate of drug-likeness (QED) is 0.828. The van der Waals surface area contributed by atoms with Crippen molar-refractivity contribution in [1.82, 2.24) is 4.90 Å². The molecule has 0 aromatic heterocycles. The molecule has 0 radical (unpaired) electrons. The van der Waals surface area contributed by atoms with Gasteiger partial charge in [0.2, 0.25) is 0 Å². The summed E-state index contributed by atoms with van der Waals surface area (Å²) < 4.78 is 5.33. The number of amides is 1. The van der Waals surface area contributed by atoms with Gasteiger partial charge in [-0.05, 0) is 24.3 Å². The molecule has 19 heavy (non-hydrogen) atoms. The van der Waals surface area contributed by atoms with E-state index in [9.17, 15) is 4.79 Å². The molecule has 0 bridgehead atoms. The minimum Gasteiger partial charge on any atom is -0.378 e. The number of rotatable bonds is 2. The van der Waals surface area contributed by atoms with E-state index in [-0.39, 0.29) is 5.91 Å². The van der Waals surface area contributed by atoms with Crippen LogP contribution in [0.3, 0.4) is 0 Å². The van der Waals surface area contributed by atoms with Crippen molar-refractivity contribution in [2.75, 3.05) is 37.7 Å². The van der Waals surface area contributed by atoms with Crippen LogP contribution in [-0.4, -0.2) is 43.7 Å². The standard InChI is InChI=1S/C14H15ClN2O2/c15-11-1-3-12(4-2-11)17-10-13(9-14(17)18)16-5-7-19-8-6-16/h1-4,9H,5-8,10H2. The predicted molar refractivity (Wildman–Crippen MR) is 74.3 cm³/mol. The van der Waals surface area contributed by atoms with Crippen LogP contribution in [0, 0.1) is 0 Å². The summed E-state index contributed by atoms with van der Waals surface area (Å²) in [5.74, 6) is 0.0313. The van der Waals surface area contributed by atoms with E-state index in [1.165, 1.54) is 0 Å². The van der Waals surface area contributed by atoms with E-state index < -0.39 is 0 Å². The Kier molecular flexibility index (Phi) is 3.44. The van der Waals surface area contributed by atoms with Gasteiger partial charge < -0.3 is 14.5 Å². The Morgan fingerprint density at radius 2 is 1.79 bits per heavy atom. The molecule has 0 saturated carbocycles. The minimum atomic E-state index is 0.0313. The maximum atomic E-state index is 12.1. The monoisotopic (exact) mass is 278 g/mol. The molecular weight excluding hydrogens is 264 g/mol. The molecule has 1 saturated heterocycles. The molecular formula is C14H15ClN2O2. The number of anilines is 1. The average Bonchev–Trinajstić information content (AvgIpc) is 2.83. The van der Waals surface area contributed by atoms with Gasteiger partial charge in [0.15, 0.2) is 0 Å². The van der Waals surface area contributed by atoms with Crippen molar-refractivity contribution < 1.29 is 9.53 Å². The topological polar surface area (TPSA) is 32.8 Å². The van der Waals surface area contributed by atoms with Crippen molar-refractivity contribution >= 4 is 23.2 Å². The molecule has 0 N–H and O–H groups in total. The van der Waals surface area contributed by atoms with Gasteiger partial charge in [0.1, 0.15) is 0 Å². The van der Waals surface area contributed by atoms with Crippen molar-refractivity contribution in [3.63, 3.8) is 0 Å². The number of nitrogens with zero attached hydrogens (tertiary/aromatic N) is 2. The van der Waals surface area contributed by atoms with Crippen LogP contribution in [0.15, 0.2) is 36.0 Å². The molecule has 2 heterocycles. The number of carbonyl (C=O) groups is 1. The molecule has 0 unspecified atom stereocenters. The number of benzene rings is 1. The van der Waals surface area contributed by atoms with Crippen LogP contribution in [-0.2, 0) is 9.53 Å². The first-order valence-electron chi connectivity index (χ1n) is 6.34.